The molecule has 0 aliphatic heterocycles. The second-order valence-corrected chi connectivity index (χ2v) is 6.98. The lowest BCUT2D eigenvalue weighted by Gasteiger charge is -2.10. The molecule has 1 aliphatic rings. The number of oxazole rings is 1. The lowest BCUT2D eigenvalue weighted by molar-refractivity contribution is -0.115. The van der Waals surface area contributed by atoms with Gasteiger partial charge >= 0.3 is 6.01 Å². The minimum atomic E-state index is -0.205. The van der Waals surface area contributed by atoms with Gasteiger partial charge in [-0.2, -0.15) is 4.98 Å². The number of carbonyl (C=O) groups excluding carboxylic acids is 1. The van der Waals surface area contributed by atoms with Crippen LogP contribution in [0, 0.1) is 0 Å². The van der Waals surface area contributed by atoms with Gasteiger partial charge in [0, 0.05) is 5.02 Å². The Balaban J connectivity index is 1.32. The third-order valence-electron chi connectivity index (χ3n) is 4.36. The molecule has 1 N–H and O–H groups in total. The van der Waals surface area contributed by atoms with E-state index in [0.717, 1.165) is 24.2 Å². The fraction of sp³-hybridized carbons (Fsp3) is 0.182. The predicted octanol–water partition coefficient (Wildman–Crippen LogP) is 5.32. The number of carbonyl (C=O) groups is 1. The highest BCUT2D eigenvalue weighted by atomic mass is 35.5. The molecule has 0 spiro atoms. The second-order valence-electron chi connectivity index (χ2n) is 6.55. The lowest BCUT2D eigenvalue weighted by Crippen LogP contribution is -2.14. The van der Waals surface area contributed by atoms with Crippen molar-refractivity contribution >= 4 is 34.6 Å². The Morgan fingerprint density at radius 3 is 2.82 bits per heavy atom. The monoisotopic (exact) mass is 394 g/mol. The minimum absolute atomic E-state index is 0.163. The summed E-state index contributed by atoms with van der Waals surface area (Å²) in [6.45, 7) is 0.554. The van der Waals surface area contributed by atoms with Crippen molar-refractivity contribution in [2.24, 2.45) is 0 Å². The molecule has 0 saturated heterocycles. The van der Waals surface area contributed by atoms with E-state index in [0.29, 0.717) is 22.7 Å². The highest BCUT2D eigenvalue weighted by Crippen LogP contribution is 2.22. The number of amides is 1. The highest BCUT2D eigenvalue weighted by Gasteiger charge is 2.11. The Labute approximate surface area is 167 Å². The summed E-state index contributed by atoms with van der Waals surface area (Å²) in [7, 11) is 0. The summed E-state index contributed by atoms with van der Waals surface area (Å²) in [4.78, 5) is 16.5. The molecule has 1 aromatic heterocycles. The van der Waals surface area contributed by atoms with E-state index >= 15 is 0 Å². The van der Waals surface area contributed by atoms with Crippen molar-refractivity contribution in [3.63, 3.8) is 0 Å². The third-order valence-corrected chi connectivity index (χ3v) is 4.60. The summed E-state index contributed by atoms with van der Waals surface area (Å²) >= 11 is 5.93. The zero-order valence-electron chi connectivity index (χ0n) is 15.2. The Kier molecular flexibility index (Phi) is 5.44. The van der Waals surface area contributed by atoms with Gasteiger partial charge in [-0.25, -0.2) is 0 Å². The minimum Gasteiger partial charge on any atom is -0.489 e. The summed E-state index contributed by atoms with van der Waals surface area (Å²) in [6, 6.07) is 12.8. The van der Waals surface area contributed by atoms with Crippen LogP contribution in [0.4, 0.5) is 6.01 Å². The molecule has 0 unspecified atom stereocenters. The predicted molar refractivity (Wildman–Crippen MR) is 110 cm³/mol. The number of rotatable bonds is 6. The second kappa shape index (κ2) is 8.31. The van der Waals surface area contributed by atoms with Gasteiger partial charge in [0.1, 0.15) is 17.9 Å². The van der Waals surface area contributed by atoms with Gasteiger partial charge in [0.15, 0.2) is 5.58 Å². The molecule has 5 nitrogen and oxygen atoms in total. The van der Waals surface area contributed by atoms with Crippen LogP contribution in [0.2, 0.25) is 5.02 Å². The van der Waals surface area contributed by atoms with Crippen LogP contribution in [0.5, 0.6) is 5.75 Å². The fourth-order valence-corrected chi connectivity index (χ4v) is 3.11. The first-order valence-electron chi connectivity index (χ1n) is 9.09. The number of hydrogen-bond donors (Lipinski definition) is 1. The standard InChI is InChI=1S/C22H19ClN2O3/c23-17-8-11-20-19(13-17)24-22(28-20)25-21(26)12-15-6-9-18(10-7-15)27-14-16-4-2-1-3-5-16/h2,4-11,13H,1,3,12,14H2,(H,24,25,26). The van der Waals surface area contributed by atoms with E-state index in [9.17, 15) is 4.79 Å². The van der Waals surface area contributed by atoms with Crippen molar-refractivity contribution in [2.75, 3.05) is 11.9 Å². The molecule has 1 aliphatic carbocycles. The maximum Gasteiger partial charge on any atom is 0.302 e. The number of halogens is 1. The zero-order valence-corrected chi connectivity index (χ0v) is 15.9. The van der Waals surface area contributed by atoms with Crippen LogP contribution in [0.15, 0.2) is 70.7 Å². The summed E-state index contributed by atoms with van der Waals surface area (Å²) in [5.41, 5.74) is 3.24. The molecule has 0 atom stereocenters. The van der Waals surface area contributed by atoms with Gasteiger partial charge in [0.25, 0.3) is 0 Å². The number of ether oxygens (including phenoxy) is 1. The maximum atomic E-state index is 12.3. The van der Waals surface area contributed by atoms with Crippen LogP contribution in [0.3, 0.4) is 0 Å². The number of benzene rings is 2. The molecule has 142 valence electrons. The van der Waals surface area contributed by atoms with Crippen molar-refractivity contribution in [3.8, 4) is 5.75 Å². The van der Waals surface area contributed by atoms with Gasteiger partial charge in [0.05, 0.1) is 6.42 Å². The van der Waals surface area contributed by atoms with Gasteiger partial charge in [-0.3, -0.25) is 10.1 Å². The van der Waals surface area contributed by atoms with E-state index in [2.05, 4.69) is 28.5 Å². The molecule has 3 aromatic rings. The molecule has 1 amide bonds. The van der Waals surface area contributed by atoms with Gasteiger partial charge in [-0.1, -0.05) is 42.0 Å². The maximum absolute atomic E-state index is 12.3. The van der Waals surface area contributed by atoms with Crippen LogP contribution in [0.1, 0.15) is 18.4 Å². The van der Waals surface area contributed by atoms with E-state index in [1.165, 1.54) is 5.57 Å². The van der Waals surface area contributed by atoms with Crippen LogP contribution in [0.25, 0.3) is 11.1 Å². The lowest BCUT2D eigenvalue weighted by atomic mass is 10.1. The molecule has 0 radical (unpaired) electrons. The van der Waals surface area contributed by atoms with Crippen molar-refractivity contribution in [1.82, 2.24) is 4.98 Å². The topological polar surface area (TPSA) is 64.4 Å². The van der Waals surface area contributed by atoms with Gasteiger partial charge in [-0.15, -0.1) is 0 Å². The van der Waals surface area contributed by atoms with Crippen LogP contribution in [-0.2, 0) is 11.2 Å². The first-order valence-corrected chi connectivity index (χ1v) is 9.47. The Hall–Kier alpha value is -3.05. The first-order chi connectivity index (χ1) is 13.7. The van der Waals surface area contributed by atoms with Crippen LogP contribution >= 0.6 is 11.6 Å². The van der Waals surface area contributed by atoms with E-state index in [-0.39, 0.29) is 18.3 Å². The van der Waals surface area contributed by atoms with Gasteiger partial charge in [-0.05, 0) is 54.3 Å². The largest absolute Gasteiger partial charge is 0.489 e. The number of allylic oxidation sites excluding steroid dienone is 2. The average Bonchev–Trinajstić information content (AvgIpc) is 3.09. The normalized spacial score (nSPS) is 13.4. The Morgan fingerprint density at radius 2 is 2.04 bits per heavy atom. The third kappa shape index (κ3) is 4.61. The number of anilines is 1. The molecule has 2 aromatic carbocycles. The average molecular weight is 395 g/mol. The molecule has 0 fully saturated rings. The van der Waals surface area contributed by atoms with Crippen LogP contribution < -0.4 is 10.1 Å². The van der Waals surface area contributed by atoms with Crippen LogP contribution in [-0.4, -0.2) is 17.5 Å². The van der Waals surface area contributed by atoms with Gasteiger partial charge in [0.2, 0.25) is 5.91 Å². The molecule has 1 heterocycles. The molecular formula is C22H19ClN2O3. The molecular weight excluding hydrogens is 376 g/mol. The SMILES string of the molecule is O=C(Cc1ccc(OCC2=CCCC=C2)cc1)Nc1nc2cc(Cl)ccc2o1. The van der Waals surface area contributed by atoms with Crippen molar-refractivity contribution < 1.29 is 13.9 Å². The van der Waals surface area contributed by atoms with E-state index < -0.39 is 0 Å². The summed E-state index contributed by atoms with van der Waals surface area (Å²) in [5, 5.41) is 3.24. The highest BCUT2D eigenvalue weighted by molar-refractivity contribution is 6.31. The zero-order chi connectivity index (χ0) is 19.3. The number of hydrogen-bond acceptors (Lipinski definition) is 4. The Morgan fingerprint density at radius 1 is 1.18 bits per heavy atom. The number of fused-ring (bicyclic) bond motifs is 1. The Bertz CT molecular complexity index is 1050. The van der Waals surface area contributed by atoms with E-state index in [1.54, 1.807) is 18.2 Å². The van der Waals surface area contributed by atoms with Crippen molar-refractivity contribution in [2.45, 2.75) is 19.3 Å². The smallest absolute Gasteiger partial charge is 0.302 e. The summed E-state index contributed by atoms with van der Waals surface area (Å²) in [6.07, 6.45) is 8.83. The number of nitrogens with zero attached hydrogens (tertiary/aromatic N) is 1. The number of nitrogens with one attached hydrogen (secondary N) is 1. The molecule has 28 heavy (non-hydrogen) atoms. The van der Waals surface area contributed by atoms with E-state index in [4.69, 9.17) is 20.8 Å². The summed E-state index contributed by atoms with van der Waals surface area (Å²) in [5.74, 6) is 0.573. The number of aromatic nitrogens is 1. The van der Waals surface area contributed by atoms with E-state index in [1.807, 2.05) is 24.3 Å². The molecule has 0 saturated carbocycles. The van der Waals surface area contributed by atoms with Crippen molar-refractivity contribution in [1.29, 1.82) is 0 Å². The molecule has 0 bridgehead atoms. The molecule has 6 heteroatoms. The first kappa shape index (κ1) is 18.3. The summed E-state index contributed by atoms with van der Waals surface area (Å²) < 4.78 is 11.3. The van der Waals surface area contributed by atoms with Crippen molar-refractivity contribution in [3.05, 3.63) is 76.9 Å². The quantitative estimate of drug-likeness (QED) is 0.614. The van der Waals surface area contributed by atoms with Gasteiger partial charge < -0.3 is 9.15 Å². The molecule has 4 rings (SSSR count). The fourth-order valence-electron chi connectivity index (χ4n) is 2.95.